The fraction of sp³-hybridized carbons (Fsp3) is 0.647. The van der Waals surface area contributed by atoms with E-state index in [1.807, 2.05) is 6.07 Å². The minimum absolute atomic E-state index is 0.320. The third-order valence-corrected chi connectivity index (χ3v) is 3.20. The third kappa shape index (κ3) is 6.11. The van der Waals surface area contributed by atoms with Crippen molar-refractivity contribution in [3.63, 3.8) is 0 Å². The Morgan fingerprint density at radius 2 is 1.89 bits per heavy atom. The lowest BCUT2D eigenvalue weighted by atomic mass is 9.93. The average molecular weight is 263 g/mol. The molecule has 108 valence electrons. The highest BCUT2D eigenvalue weighted by Gasteiger charge is 2.13. The zero-order valence-corrected chi connectivity index (χ0v) is 13.1. The van der Waals surface area contributed by atoms with Crippen molar-refractivity contribution in [2.75, 3.05) is 13.2 Å². The fourth-order valence-electron chi connectivity index (χ4n) is 1.91. The van der Waals surface area contributed by atoms with Gasteiger partial charge in [-0.05, 0) is 37.8 Å². The van der Waals surface area contributed by atoms with Crippen molar-refractivity contribution in [1.82, 2.24) is 5.32 Å². The van der Waals surface area contributed by atoms with Gasteiger partial charge in [0.05, 0.1) is 6.61 Å². The summed E-state index contributed by atoms with van der Waals surface area (Å²) in [6.45, 7) is 12.9. The Kier molecular flexibility index (Phi) is 6.36. The minimum atomic E-state index is 0.320. The first-order chi connectivity index (χ1) is 8.94. The van der Waals surface area contributed by atoms with Gasteiger partial charge in [0.25, 0.3) is 0 Å². The third-order valence-electron chi connectivity index (χ3n) is 3.20. The van der Waals surface area contributed by atoms with Crippen molar-refractivity contribution in [2.45, 2.75) is 53.5 Å². The summed E-state index contributed by atoms with van der Waals surface area (Å²) in [7, 11) is 0. The molecule has 1 unspecified atom stereocenters. The van der Waals surface area contributed by atoms with E-state index in [9.17, 15) is 0 Å². The van der Waals surface area contributed by atoms with Crippen LogP contribution in [0, 0.1) is 5.41 Å². The molecule has 1 N–H and O–H groups in total. The van der Waals surface area contributed by atoms with Gasteiger partial charge in [-0.2, -0.15) is 0 Å². The van der Waals surface area contributed by atoms with E-state index in [4.69, 9.17) is 4.74 Å². The molecule has 0 aliphatic rings. The van der Waals surface area contributed by atoms with Gasteiger partial charge in [0.2, 0.25) is 0 Å². The number of ether oxygens (including phenoxy) is 1. The molecule has 2 nitrogen and oxygen atoms in total. The maximum Gasteiger partial charge on any atom is 0.124 e. The summed E-state index contributed by atoms with van der Waals surface area (Å²) in [5, 5.41) is 3.52. The largest absolute Gasteiger partial charge is 0.493 e. The Hall–Kier alpha value is -1.02. The van der Waals surface area contributed by atoms with Crippen LogP contribution in [-0.4, -0.2) is 13.2 Å². The van der Waals surface area contributed by atoms with Crippen LogP contribution in [-0.2, 0) is 0 Å². The Morgan fingerprint density at radius 1 is 1.21 bits per heavy atom. The normalized spacial score (nSPS) is 13.3. The van der Waals surface area contributed by atoms with Gasteiger partial charge in [-0.1, -0.05) is 45.9 Å². The van der Waals surface area contributed by atoms with Crippen LogP contribution < -0.4 is 10.1 Å². The number of benzene rings is 1. The molecule has 0 amide bonds. The quantitative estimate of drug-likeness (QED) is 0.778. The topological polar surface area (TPSA) is 21.3 Å². The summed E-state index contributed by atoms with van der Waals surface area (Å²) in [5.74, 6) is 1.02. The zero-order valence-electron chi connectivity index (χ0n) is 13.1. The second-order valence-corrected chi connectivity index (χ2v) is 6.37. The van der Waals surface area contributed by atoms with Crippen molar-refractivity contribution < 1.29 is 4.74 Å². The second kappa shape index (κ2) is 7.54. The summed E-state index contributed by atoms with van der Waals surface area (Å²) in [6, 6.07) is 8.69. The van der Waals surface area contributed by atoms with E-state index in [2.05, 4.69) is 58.1 Å². The van der Waals surface area contributed by atoms with E-state index >= 15 is 0 Å². The Balaban J connectivity index is 2.62. The number of para-hydroxylation sites is 1. The molecule has 0 heterocycles. The lowest BCUT2D eigenvalue weighted by Crippen LogP contribution is -2.20. The van der Waals surface area contributed by atoms with Crippen LogP contribution in [0.3, 0.4) is 0 Å². The number of hydrogen-bond acceptors (Lipinski definition) is 2. The van der Waals surface area contributed by atoms with Crippen molar-refractivity contribution in [1.29, 1.82) is 0 Å². The van der Waals surface area contributed by atoms with Crippen LogP contribution in [0.4, 0.5) is 0 Å². The molecule has 0 aliphatic carbocycles. The van der Waals surface area contributed by atoms with Gasteiger partial charge in [0.15, 0.2) is 0 Å². The summed E-state index contributed by atoms with van der Waals surface area (Å²) < 4.78 is 5.97. The Morgan fingerprint density at radius 3 is 2.53 bits per heavy atom. The van der Waals surface area contributed by atoms with Crippen LogP contribution >= 0.6 is 0 Å². The standard InChI is InChI=1S/C17H29NO/c1-6-12-18-14(2)15-9-7-8-10-16(15)19-13-11-17(3,4)5/h7-10,14,18H,6,11-13H2,1-5H3. The first-order valence-electron chi connectivity index (χ1n) is 7.39. The summed E-state index contributed by atoms with van der Waals surface area (Å²) >= 11 is 0. The van der Waals surface area contributed by atoms with Gasteiger partial charge in [-0.15, -0.1) is 0 Å². The highest BCUT2D eigenvalue weighted by molar-refractivity contribution is 5.35. The van der Waals surface area contributed by atoms with Gasteiger partial charge in [0, 0.05) is 11.6 Å². The van der Waals surface area contributed by atoms with Gasteiger partial charge in [0.1, 0.15) is 5.75 Å². The predicted molar refractivity (Wildman–Crippen MR) is 82.7 cm³/mol. The molecule has 1 aromatic rings. The van der Waals surface area contributed by atoms with Crippen LogP contribution in [0.2, 0.25) is 0 Å². The van der Waals surface area contributed by atoms with Crippen molar-refractivity contribution in [2.24, 2.45) is 5.41 Å². The summed E-state index contributed by atoms with van der Waals surface area (Å²) in [5.41, 5.74) is 1.57. The van der Waals surface area contributed by atoms with E-state index < -0.39 is 0 Å². The molecule has 1 aromatic carbocycles. The van der Waals surface area contributed by atoms with Gasteiger partial charge in [-0.25, -0.2) is 0 Å². The van der Waals surface area contributed by atoms with E-state index in [-0.39, 0.29) is 0 Å². The monoisotopic (exact) mass is 263 g/mol. The molecule has 0 saturated carbocycles. The summed E-state index contributed by atoms with van der Waals surface area (Å²) in [6.07, 6.45) is 2.22. The molecule has 0 bridgehead atoms. The molecule has 0 spiro atoms. The predicted octanol–water partition coefficient (Wildman–Crippen LogP) is 4.56. The highest BCUT2D eigenvalue weighted by Crippen LogP contribution is 2.26. The molecule has 1 atom stereocenters. The molecule has 19 heavy (non-hydrogen) atoms. The fourth-order valence-corrected chi connectivity index (χ4v) is 1.91. The van der Waals surface area contributed by atoms with Gasteiger partial charge < -0.3 is 10.1 Å². The molecule has 0 fully saturated rings. The van der Waals surface area contributed by atoms with E-state index in [0.29, 0.717) is 11.5 Å². The van der Waals surface area contributed by atoms with Crippen LogP contribution in [0.25, 0.3) is 0 Å². The maximum absolute atomic E-state index is 5.97. The number of nitrogens with one attached hydrogen (secondary N) is 1. The minimum Gasteiger partial charge on any atom is -0.493 e. The van der Waals surface area contributed by atoms with Crippen LogP contribution in [0.1, 0.15) is 59.1 Å². The highest BCUT2D eigenvalue weighted by atomic mass is 16.5. The Labute approximate surface area is 118 Å². The summed E-state index contributed by atoms with van der Waals surface area (Å²) in [4.78, 5) is 0. The SMILES string of the molecule is CCCNC(C)c1ccccc1OCCC(C)(C)C. The smallest absolute Gasteiger partial charge is 0.124 e. The van der Waals surface area contributed by atoms with Crippen molar-refractivity contribution >= 4 is 0 Å². The first-order valence-corrected chi connectivity index (χ1v) is 7.39. The molecule has 0 radical (unpaired) electrons. The van der Waals surface area contributed by atoms with Crippen LogP contribution in [0.5, 0.6) is 5.75 Å². The molecule has 0 aliphatic heterocycles. The van der Waals surface area contributed by atoms with Crippen molar-refractivity contribution in [3.8, 4) is 5.75 Å². The van der Waals surface area contributed by atoms with Gasteiger partial charge >= 0.3 is 0 Å². The van der Waals surface area contributed by atoms with E-state index in [0.717, 1.165) is 31.7 Å². The molecule has 0 saturated heterocycles. The average Bonchev–Trinajstić information content (AvgIpc) is 2.35. The van der Waals surface area contributed by atoms with Gasteiger partial charge in [-0.3, -0.25) is 0 Å². The van der Waals surface area contributed by atoms with Crippen molar-refractivity contribution in [3.05, 3.63) is 29.8 Å². The lowest BCUT2D eigenvalue weighted by molar-refractivity contribution is 0.240. The first kappa shape index (κ1) is 16.0. The maximum atomic E-state index is 5.97. The molecule has 1 rings (SSSR count). The van der Waals surface area contributed by atoms with E-state index in [1.54, 1.807) is 0 Å². The molecule has 0 aromatic heterocycles. The Bertz CT molecular complexity index is 368. The molecular weight excluding hydrogens is 234 g/mol. The molecule has 2 heteroatoms. The second-order valence-electron chi connectivity index (χ2n) is 6.37. The molecular formula is C17H29NO. The zero-order chi connectivity index (χ0) is 14.3. The number of rotatable bonds is 7. The van der Waals surface area contributed by atoms with E-state index in [1.165, 1.54) is 5.56 Å². The van der Waals surface area contributed by atoms with Crippen LogP contribution in [0.15, 0.2) is 24.3 Å². The lowest BCUT2D eigenvalue weighted by Gasteiger charge is -2.21. The number of hydrogen-bond donors (Lipinski definition) is 1.